The van der Waals surface area contributed by atoms with E-state index in [9.17, 15) is 9.59 Å². The fourth-order valence-electron chi connectivity index (χ4n) is 1.50. The second-order valence-electron chi connectivity index (χ2n) is 3.76. The molecule has 1 N–H and O–H groups in total. The molecule has 0 unspecified atom stereocenters. The van der Waals surface area contributed by atoms with Crippen LogP contribution in [-0.2, 0) is 0 Å². The van der Waals surface area contributed by atoms with E-state index in [1.807, 2.05) is 0 Å². The number of hydrogen-bond acceptors (Lipinski definition) is 3. The molecule has 0 aliphatic carbocycles. The number of hydrogen-bond donors (Lipinski definition) is 1. The minimum Gasteiger partial charge on any atom is -0.478 e. The Morgan fingerprint density at radius 2 is 1.83 bits per heavy atom. The maximum Gasteiger partial charge on any atom is 0.335 e. The van der Waals surface area contributed by atoms with Gasteiger partial charge in [-0.3, -0.25) is 4.79 Å². The van der Waals surface area contributed by atoms with Gasteiger partial charge in [0.2, 0.25) is 0 Å². The van der Waals surface area contributed by atoms with E-state index in [0.717, 1.165) is 0 Å². The zero-order valence-electron chi connectivity index (χ0n) is 9.70. The van der Waals surface area contributed by atoms with Crippen LogP contribution in [0.25, 0.3) is 5.82 Å². The van der Waals surface area contributed by atoms with Crippen molar-refractivity contribution in [3.63, 3.8) is 0 Å². The Balaban J connectivity index is 2.39. The van der Waals surface area contributed by atoms with Gasteiger partial charge in [0.05, 0.1) is 18.0 Å². The maximum atomic E-state index is 11.3. The summed E-state index contributed by atoms with van der Waals surface area (Å²) >= 11 is 0. The number of rotatable bonds is 3. The molecule has 5 heteroatoms. The first-order valence-corrected chi connectivity index (χ1v) is 5.30. The SMILES string of the molecule is CC(=O)c1ccnc(-[n+]2ccc(C(=O)O)cc2)c1. The van der Waals surface area contributed by atoms with Gasteiger partial charge in [-0.2, -0.15) is 0 Å². The van der Waals surface area contributed by atoms with Crippen molar-refractivity contribution in [2.45, 2.75) is 6.92 Å². The van der Waals surface area contributed by atoms with Crippen molar-refractivity contribution in [2.24, 2.45) is 0 Å². The number of pyridine rings is 2. The summed E-state index contributed by atoms with van der Waals surface area (Å²) in [4.78, 5) is 26.1. The van der Waals surface area contributed by atoms with Gasteiger partial charge in [0.25, 0.3) is 0 Å². The van der Waals surface area contributed by atoms with Crippen LogP contribution in [0.4, 0.5) is 0 Å². The third kappa shape index (κ3) is 2.40. The standard InChI is InChI=1S/C13H10N2O3/c1-9(16)11-2-5-14-12(8-11)15-6-3-10(4-7-15)13(17)18/h2-8H,1H3/p+1. The van der Waals surface area contributed by atoms with E-state index in [1.54, 1.807) is 35.3 Å². The summed E-state index contributed by atoms with van der Waals surface area (Å²) in [5.41, 5.74) is 0.767. The van der Waals surface area contributed by atoms with Crippen LogP contribution in [0.15, 0.2) is 42.9 Å². The van der Waals surface area contributed by atoms with Crippen LogP contribution in [0, 0.1) is 0 Å². The molecule has 0 amide bonds. The molecule has 0 fully saturated rings. The predicted octanol–water partition coefficient (Wildman–Crippen LogP) is 1.26. The molecule has 18 heavy (non-hydrogen) atoms. The summed E-state index contributed by atoms with van der Waals surface area (Å²) in [7, 11) is 0. The Kier molecular flexibility index (Phi) is 3.14. The molecular formula is C13H11N2O3+. The van der Waals surface area contributed by atoms with Gasteiger partial charge in [0.1, 0.15) is 6.20 Å². The van der Waals surface area contributed by atoms with Gasteiger partial charge in [0.15, 0.2) is 5.78 Å². The maximum absolute atomic E-state index is 11.3. The number of aromatic carboxylic acids is 1. The minimum atomic E-state index is -0.979. The molecule has 0 radical (unpaired) electrons. The minimum absolute atomic E-state index is 0.0404. The van der Waals surface area contributed by atoms with Crippen molar-refractivity contribution in [3.05, 3.63) is 54.0 Å². The number of ketones is 1. The highest BCUT2D eigenvalue weighted by Crippen LogP contribution is 2.03. The first-order chi connectivity index (χ1) is 8.58. The highest BCUT2D eigenvalue weighted by molar-refractivity contribution is 5.94. The van der Waals surface area contributed by atoms with Gasteiger partial charge in [-0.15, -0.1) is 0 Å². The Hall–Kier alpha value is -2.56. The number of Topliss-reactive ketones (excluding diaryl/α,β-unsaturated/α-hetero) is 1. The fraction of sp³-hybridized carbons (Fsp3) is 0.0769. The molecule has 2 heterocycles. The Morgan fingerprint density at radius 1 is 1.17 bits per heavy atom. The molecule has 0 spiro atoms. The number of carbonyl (C=O) groups is 2. The smallest absolute Gasteiger partial charge is 0.335 e. The molecule has 2 aromatic heterocycles. The lowest BCUT2D eigenvalue weighted by Gasteiger charge is -1.98. The first kappa shape index (κ1) is 11.9. The number of carboxylic acids is 1. The summed E-state index contributed by atoms with van der Waals surface area (Å²) in [5.74, 6) is -0.450. The van der Waals surface area contributed by atoms with Crippen molar-refractivity contribution >= 4 is 11.8 Å². The van der Waals surface area contributed by atoms with E-state index < -0.39 is 5.97 Å². The summed E-state index contributed by atoms with van der Waals surface area (Å²) in [6.45, 7) is 1.48. The van der Waals surface area contributed by atoms with Crippen LogP contribution < -0.4 is 4.57 Å². The lowest BCUT2D eigenvalue weighted by atomic mass is 10.2. The number of carbonyl (C=O) groups excluding carboxylic acids is 1. The average molecular weight is 243 g/mol. The molecule has 0 saturated heterocycles. The van der Waals surface area contributed by atoms with Crippen LogP contribution in [-0.4, -0.2) is 21.8 Å². The van der Waals surface area contributed by atoms with E-state index in [2.05, 4.69) is 4.98 Å². The molecule has 0 atom stereocenters. The largest absolute Gasteiger partial charge is 0.478 e. The predicted molar refractivity (Wildman–Crippen MR) is 62.7 cm³/mol. The Morgan fingerprint density at radius 3 is 2.39 bits per heavy atom. The van der Waals surface area contributed by atoms with E-state index in [4.69, 9.17) is 5.11 Å². The summed E-state index contributed by atoms with van der Waals surface area (Å²) in [5, 5.41) is 8.79. The van der Waals surface area contributed by atoms with Crippen molar-refractivity contribution in [1.82, 2.24) is 4.98 Å². The summed E-state index contributed by atoms with van der Waals surface area (Å²) in [6, 6.07) is 6.25. The molecular weight excluding hydrogens is 232 g/mol. The molecule has 0 aliphatic heterocycles. The first-order valence-electron chi connectivity index (χ1n) is 5.30. The average Bonchev–Trinajstić information content (AvgIpc) is 2.39. The highest BCUT2D eigenvalue weighted by atomic mass is 16.4. The van der Waals surface area contributed by atoms with E-state index in [1.165, 1.54) is 19.1 Å². The lowest BCUT2D eigenvalue weighted by Crippen LogP contribution is -2.31. The number of nitrogens with zero attached hydrogens (tertiary/aromatic N) is 2. The van der Waals surface area contributed by atoms with E-state index in [0.29, 0.717) is 11.4 Å². The summed E-state index contributed by atoms with van der Waals surface area (Å²) < 4.78 is 1.65. The molecule has 2 aromatic rings. The topological polar surface area (TPSA) is 71.1 Å². The third-order valence-corrected chi connectivity index (χ3v) is 2.49. The molecule has 0 aliphatic rings. The molecule has 0 saturated carbocycles. The van der Waals surface area contributed by atoms with Gasteiger partial charge >= 0.3 is 11.8 Å². The molecule has 0 bridgehead atoms. The molecule has 0 aromatic carbocycles. The van der Waals surface area contributed by atoms with Crippen molar-refractivity contribution in [1.29, 1.82) is 0 Å². The monoisotopic (exact) mass is 243 g/mol. The van der Waals surface area contributed by atoms with Gasteiger partial charge in [-0.25, -0.2) is 9.36 Å². The third-order valence-electron chi connectivity index (χ3n) is 2.49. The second kappa shape index (κ2) is 4.75. The van der Waals surface area contributed by atoms with Crippen LogP contribution in [0.3, 0.4) is 0 Å². The van der Waals surface area contributed by atoms with Crippen molar-refractivity contribution < 1.29 is 19.3 Å². The molecule has 2 rings (SSSR count). The van der Waals surface area contributed by atoms with E-state index in [-0.39, 0.29) is 11.3 Å². The zero-order valence-corrected chi connectivity index (χ0v) is 9.70. The zero-order chi connectivity index (χ0) is 13.1. The second-order valence-corrected chi connectivity index (χ2v) is 3.76. The van der Waals surface area contributed by atoms with Gasteiger partial charge in [0, 0.05) is 11.6 Å². The normalized spacial score (nSPS) is 10.1. The number of carboxylic acid groups (broad SMARTS) is 1. The Labute approximate surface area is 103 Å². The van der Waals surface area contributed by atoms with Crippen LogP contribution >= 0.6 is 0 Å². The van der Waals surface area contributed by atoms with Crippen molar-refractivity contribution in [3.8, 4) is 5.82 Å². The Bertz CT molecular complexity index is 606. The van der Waals surface area contributed by atoms with Gasteiger partial charge in [-0.1, -0.05) is 0 Å². The van der Waals surface area contributed by atoms with Crippen LogP contribution in [0.5, 0.6) is 0 Å². The van der Waals surface area contributed by atoms with Gasteiger partial charge in [-0.05, 0) is 30.1 Å². The molecule has 5 nitrogen and oxygen atoms in total. The van der Waals surface area contributed by atoms with Crippen LogP contribution in [0.2, 0.25) is 0 Å². The highest BCUT2D eigenvalue weighted by Gasteiger charge is 2.11. The lowest BCUT2D eigenvalue weighted by molar-refractivity contribution is -0.599. The molecule has 90 valence electrons. The number of aromatic nitrogens is 2. The van der Waals surface area contributed by atoms with Crippen molar-refractivity contribution in [2.75, 3.05) is 0 Å². The quantitative estimate of drug-likeness (QED) is 0.650. The fourth-order valence-corrected chi connectivity index (χ4v) is 1.50. The van der Waals surface area contributed by atoms with E-state index >= 15 is 0 Å². The summed E-state index contributed by atoms with van der Waals surface area (Å²) in [6.07, 6.45) is 4.73. The van der Waals surface area contributed by atoms with Gasteiger partial charge < -0.3 is 5.11 Å². The van der Waals surface area contributed by atoms with Crippen LogP contribution in [0.1, 0.15) is 27.6 Å².